The highest BCUT2D eigenvalue weighted by molar-refractivity contribution is 5.43. The second-order valence-corrected chi connectivity index (χ2v) is 5.06. The highest BCUT2D eigenvalue weighted by Crippen LogP contribution is 2.28. The quantitative estimate of drug-likeness (QED) is 0.877. The Hall–Kier alpha value is -2.08. The van der Waals surface area contributed by atoms with Crippen molar-refractivity contribution in [2.45, 2.75) is 32.2 Å². The number of nitrogens with two attached hydrogens (primary N) is 1. The second-order valence-electron chi connectivity index (χ2n) is 5.06. The van der Waals surface area contributed by atoms with Crippen molar-refractivity contribution >= 4 is 0 Å². The molecule has 1 heterocycles. The van der Waals surface area contributed by atoms with E-state index in [9.17, 15) is 0 Å². The van der Waals surface area contributed by atoms with Gasteiger partial charge in [0.2, 0.25) is 5.89 Å². The zero-order valence-electron chi connectivity index (χ0n) is 12.8. The number of aromatic nitrogens is 2. The molecule has 0 aliphatic carbocycles. The van der Waals surface area contributed by atoms with Gasteiger partial charge in [0.05, 0.1) is 20.1 Å². The number of rotatable bonds is 6. The predicted octanol–water partition coefficient (Wildman–Crippen LogP) is 2.13. The highest BCUT2D eigenvalue weighted by Gasteiger charge is 2.18. The highest BCUT2D eigenvalue weighted by atomic mass is 16.5. The van der Waals surface area contributed by atoms with Crippen molar-refractivity contribution in [3.8, 4) is 11.5 Å². The van der Waals surface area contributed by atoms with E-state index in [4.69, 9.17) is 19.7 Å². The Morgan fingerprint density at radius 1 is 1.19 bits per heavy atom. The second kappa shape index (κ2) is 6.58. The zero-order valence-corrected chi connectivity index (χ0v) is 12.8. The van der Waals surface area contributed by atoms with E-state index in [1.165, 1.54) is 0 Å². The molecular weight excluding hydrogens is 270 g/mol. The molecule has 0 saturated heterocycles. The van der Waals surface area contributed by atoms with E-state index in [1.807, 2.05) is 32.0 Å². The fraction of sp³-hybridized carbons (Fsp3) is 0.467. The molecule has 1 aromatic carbocycles. The summed E-state index contributed by atoms with van der Waals surface area (Å²) in [6, 6.07) is 5.69. The Morgan fingerprint density at radius 2 is 1.90 bits per heavy atom. The van der Waals surface area contributed by atoms with Gasteiger partial charge in [0.1, 0.15) is 0 Å². The van der Waals surface area contributed by atoms with E-state index in [1.54, 1.807) is 14.2 Å². The summed E-state index contributed by atoms with van der Waals surface area (Å²) in [5.41, 5.74) is 6.86. The Bertz CT molecular complexity index is 596. The third-order valence-corrected chi connectivity index (χ3v) is 3.47. The monoisotopic (exact) mass is 291 g/mol. The maximum atomic E-state index is 5.84. The van der Waals surface area contributed by atoms with Crippen LogP contribution in [0.2, 0.25) is 0 Å². The molecule has 0 radical (unpaired) electrons. The largest absolute Gasteiger partial charge is 0.493 e. The average molecular weight is 291 g/mol. The lowest BCUT2D eigenvalue weighted by Crippen LogP contribution is -2.22. The summed E-state index contributed by atoms with van der Waals surface area (Å²) in [7, 11) is 3.22. The molecule has 0 amide bonds. The Labute approximate surface area is 124 Å². The maximum Gasteiger partial charge on any atom is 0.231 e. The summed E-state index contributed by atoms with van der Waals surface area (Å²) in [6.07, 6.45) is 0.565. The van der Waals surface area contributed by atoms with E-state index in [2.05, 4.69) is 10.1 Å². The molecule has 6 heteroatoms. The van der Waals surface area contributed by atoms with Crippen LogP contribution in [0, 0.1) is 0 Å². The first-order valence-corrected chi connectivity index (χ1v) is 6.84. The van der Waals surface area contributed by atoms with Crippen molar-refractivity contribution in [1.29, 1.82) is 0 Å². The molecule has 2 unspecified atom stereocenters. The Balaban J connectivity index is 2.15. The molecule has 2 rings (SSSR count). The maximum absolute atomic E-state index is 5.84. The number of hydrogen-bond acceptors (Lipinski definition) is 6. The van der Waals surface area contributed by atoms with Crippen molar-refractivity contribution in [2.75, 3.05) is 14.2 Å². The molecule has 0 aliphatic rings. The van der Waals surface area contributed by atoms with E-state index >= 15 is 0 Å². The summed E-state index contributed by atoms with van der Waals surface area (Å²) < 4.78 is 15.8. The van der Waals surface area contributed by atoms with Crippen LogP contribution in [-0.4, -0.2) is 30.4 Å². The standard InChI is InChI=1S/C15H21N3O3/c1-9(10(2)16)15-17-14(18-21-15)8-11-5-6-12(19-3)13(7-11)20-4/h5-7,9-10H,8,16H2,1-4H3. The van der Waals surface area contributed by atoms with Crippen molar-refractivity contribution in [2.24, 2.45) is 5.73 Å². The fourth-order valence-corrected chi connectivity index (χ4v) is 1.92. The van der Waals surface area contributed by atoms with Crippen LogP contribution in [0.1, 0.15) is 37.0 Å². The minimum atomic E-state index is -0.0284. The molecule has 0 saturated carbocycles. The molecule has 1 aromatic heterocycles. The topological polar surface area (TPSA) is 83.4 Å². The van der Waals surface area contributed by atoms with Gasteiger partial charge in [-0.15, -0.1) is 0 Å². The first kappa shape index (κ1) is 15.3. The lowest BCUT2D eigenvalue weighted by atomic mass is 10.1. The smallest absolute Gasteiger partial charge is 0.231 e. The molecule has 2 N–H and O–H groups in total. The lowest BCUT2D eigenvalue weighted by Gasteiger charge is -2.09. The van der Waals surface area contributed by atoms with E-state index in [0.29, 0.717) is 29.6 Å². The summed E-state index contributed by atoms with van der Waals surface area (Å²) >= 11 is 0. The first-order chi connectivity index (χ1) is 10.0. The summed E-state index contributed by atoms with van der Waals surface area (Å²) in [6.45, 7) is 3.89. The van der Waals surface area contributed by atoms with Crippen molar-refractivity contribution < 1.29 is 14.0 Å². The van der Waals surface area contributed by atoms with Crippen molar-refractivity contribution in [3.63, 3.8) is 0 Å². The molecule has 6 nitrogen and oxygen atoms in total. The van der Waals surface area contributed by atoms with Gasteiger partial charge in [-0.2, -0.15) is 4.98 Å². The van der Waals surface area contributed by atoms with Crippen LogP contribution < -0.4 is 15.2 Å². The van der Waals surface area contributed by atoms with Gasteiger partial charge < -0.3 is 19.7 Å². The zero-order chi connectivity index (χ0) is 15.4. The lowest BCUT2D eigenvalue weighted by molar-refractivity contribution is 0.343. The molecule has 0 spiro atoms. The van der Waals surface area contributed by atoms with Crippen LogP contribution in [-0.2, 0) is 6.42 Å². The van der Waals surface area contributed by atoms with Crippen LogP contribution >= 0.6 is 0 Å². The third kappa shape index (κ3) is 3.52. The SMILES string of the molecule is COc1ccc(Cc2noc(C(C)C(C)N)n2)cc1OC. The molecule has 0 aliphatic heterocycles. The van der Waals surface area contributed by atoms with Crippen molar-refractivity contribution in [3.05, 3.63) is 35.5 Å². The van der Waals surface area contributed by atoms with Gasteiger partial charge in [0.25, 0.3) is 0 Å². The van der Waals surface area contributed by atoms with Crippen LogP contribution in [0.4, 0.5) is 0 Å². The molecule has 2 atom stereocenters. The van der Waals surface area contributed by atoms with Gasteiger partial charge in [0.15, 0.2) is 17.3 Å². The van der Waals surface area contributed by atoms with Crippen molar-refractivity contribution in [1.82, 2.24) is 10.1 Å². The van der Waals surface area contributed by atoms with Crippen LogP contribution in [0.15, 0.2) is 22.7 Å². The minimum Gasteiger partial charge on any atom is -0.493 e. The van der Waals surface area contributed by atoms with Gasteiger partial charge in [0, 0.05) is 12.5 Å². The fourth-order valence-electron chi connectivity index (χ4n) is 1.92. The number of hydrogen-bond donors (Lipinski definition) is 1. The van der Waals surface area contributed by atoms with E-state index in [0.717, 1.165) is 5.56 Å². The number of benzene rings is 1. The van der Waals surface area contributed by atoms with Crippen LogP contribution in [0.25, 0.3) is 0 Å². The summed E-state index contributed by atoms with van der Waals surface area (Å²) in [5.74, 6) is 2.62. The third-order valence-electron chi connectivity index (χ3n) is 3.47. The van der Waals surface area contributed by atoms with Gasteiger partial charge in [-0.25, -0.2) is 0 Å². The normalized spacial score (nSPS) is 13.8. The average Bonchev–Trinajstić information content (AvgIpc) is 2.94. The van der Waals surface area contributed by atoms with E-state index < -0.39 is 0 Å². The summed E-state index contributed by atoms with van der Waals surface area (Å²) in [5, 5.41) is 4.00. The number of nitrogens with zero attached hydrogens (tertiary/aromatic N) is 2. The number of methoxy groups -OCH3 is 2. The van der Waals surface area contributed by atoms with Gasteiger partial charge >= 0.3 is 0 Å². The molecule has 2 aromatic rings. The molecule has 114 valence electrons. The van der Waals surface area contributed by atoms with Gasteiger partial charge in [-0.05, 0) is 24.6 Å². The minimum absolute atomic E-state index is 0.0284. The van der Waals surface area contributed by atoms with Crippen LogP contribution in [0.3, 0.4) is 0 Å². The number of ether oxygens (including phenoxy) is 2. The first-order valence-electron chi connectivity index (χ1n) is 6.84. The molecule has 0 fully saturated rings. The Morgan fingerprint density at radius 3 is 2.52 bits per heavy atom. The predicted molar refractivity (Wildman–Crippen MR) is 78.7 cm³/mol. The van der Waals surface area contributed by atoms with Gasteiger partial charge in [-0.1, -0.05) is 18.1 Å². The summed E-state index contributed by atoms with van der Waals surface area (Å²) in [4.78, 5) is 4.39. The van der Waals surface area contributed by atoms with Crippen LogP contribution in [0.5, 0.6) is 11.5 Å². The van der Waals surface area contributed by atoms with E-state index in [-0.39, 0.29) is 12.0 Å². The molecular formula is C15H21N3O3. The van der Waals surface area contributed by atoms with Gasteiger partial charge in [-0.3, -0.25) is 0 Å². The Kier molecular flexibility index (Phi) is 4.80. The molecule has 0 bridgehead atoms. The molecule has 21 heavy (non-hydrogen) atoms.